The monoisotopic (exact) mass is 414 g/mol. The molecule has 0 bridgehead atoms. The highest BCUT2D eigenvalue weighted by Gasteiger charge is 2.17. The summed E-state index contributed by atoms with van der Waals surface area (Å²) in [7, 11) is 0. The quantitative estimate of drug-likeness (QED) is 0.335. The van der Waals surface area contributed by atoms with Gasteiger partial charge in [-0.3, -0.25) is 10.5 Å². The van der Waals surface area contributed by atoms with E-state index in [1.807, 2.05) is 0 Å². The third-order valence-corrected chi connectivity index (χ3v) is 5.23. The van der Waals surface area contributed by atoms with Crippen molar-refractivity contribution in [2.45, 2.75) is 105 Å². The highest BCUT2D eigenvalue weighted by atomic mass is 17.0. The molecule has 2 aromatic rings. The number of rotatable bonds is 0. The molecule has 0 amide bonds. The lowest BCUT2D eigenvalue weighted by molar-refractivity contribution is -0.176. The van der Waals surface area contributed by atoms with Crippen LogP contribution in [-0.4, -0.2) is 10.5 Å². The Hall–Kier alpha value is -1.64. The first-order chi connectivity index (χ1) is 13.4. The minimum atomic E-state index is 0.260. The second-order valence-electron chi connectivity index (χ2n) is 12.2. The molecule has 30 heavy (non-hydrogen) atoms. The molecule has 0 aliphatic heterocycles. The molecule has 0 saturated carbocycles. The fraction of sp³-hybridized carbons (Fsp3) is 0.571. The zero-order chi connectivity index (χ0) is 24.0. The van der Waals surface area contributed by atoms with Gasteiger partial charge < -0.3 is 0 Å². The van der Waals surface area contributed by atoms with Gasteiger partial charge in [-0.15, -0.1) is 0 Å². The number of hydrogen-bond acceptors (Lipinski definition) is 2. The van der Waals surface area contributed by atoms with Crippen LogP contribution in [0.1, 0.15) is 105 Å². The average Bonchev–Trinajstić information content (AvgIpc) is 2.61. The van der Waals surface area contributed by atoms with Crippen molar-refractivity contribution in [1.82, 2.24) is 0 Å². The van der Waals surface area contributed by atoms with Crippen molar-refractivity contribution in [2.75, 3.05) is 0 Å². The van der Waals surface area contributed by atoms with E-state index in [0.717, 1.165) is 0 Å². The fourth-order valence-electron chi connectivity index (χ4n) is 2.94. The van der Waals surface area contributed by atoms with Gasteiger partial charge in [0.15, 0.2) is 0 Å². The van der Waals surface area contributed by atoms with E-state index in [0.29, 0.717) is 0 Å². The van der Waals surface area contributed by atoms with Crippen molar-refractivity contribution in [2.24, 2.45) is 0 Å². The van der Waals surface area contributed by atoms with Gasteiger partial charge in [-0.1, -0.05) is 132 Å². The van der Waals surface area contributed by atoms with Gasteiger partial charge in [-0.2, -0.15) is 0 Å². The molecular weight excluding hydrogens is 368 g/mol. The van der Waals surface area contributed by atoms with E-state index < -0.39 is 0 Å². The molecule has 0 aromatic heterocycles. The Morgan fingerprint density at radius 1 is 0.333 bits per heavy atom. The third kappa shape index (κ3) is 9.45. The van der Waals surface area contributed by atoms with Crippen molar-refractivity contribution in [1.29, 1.82) is 0 Å². The summed E-state index contributed by atoms with van der Waals surface area (Å²) >= 11 is 0. The zero-order valence-corrected chi connectivity index (χ0v) is 21.5. The third-order valence-electron chi connectivity index (χ3n) is 5.23. The molecule has 0 aliphatic rings. The lowest BCUT2D eigenvalue weighted by Crippen LogP contribution is -2.14. The van der Waals surface area contributed by atoms with E-state index >= 15 is 0 Å². The lowest BCUT2D eigenvalue weighted by atomic mass is 9.82. The van der Waals surface area contributed by atoms with Crippen LogP contribution in [0.15, 0.2) is 48.5 Å². The molecule has 0 saturated heterocycles. The Labute approximate surface area is 186 Å². The summed E-state index contributed by atoms with van der Waals surface area (Å²) in [6, 6.07) is 18.0. The van der Waals surface area contributed by atoms with Gasteiger partial charge in [0.2, 0.25) is 0 Å². The van der Waals surface area contributed by atoms with Gasteiger partial charge in [0.1, 0.15) is 0 Å². The maximum absolute atomic E-state index is 6.00. The van der Waals surface area contributed by atoms with E-state index in [9.17, 15) is 0 Å². The summed E-state index contributed by atoms with van der Waals surface area (Å²) in [5.41, 5.74) is 6.67. The van der Waals surface area contributed by atoms with Crippen LogP contribution in [0, 0.1) is 0 Å². The highest BCUT2D eigenvalue weighted by Crippen LogP contribution is 2.28. The Morgan fingerprint density at radius 2 is 0.433 bits per heavy atom. The summed E-state index contributed by atoms with van der Waals surface area (Å²) in [4.78, 5) is 0. The van der Waals surface area contributed by atoms with E-state index in [2.05, 4.69) is 132 Å². The molecular formula is C28H46O2. The van der Waals surface area contributed by atoms with Crippen molar-refractivity contribution in [3.8, 4) is 0 Å². The standard InChI is InChI=1S/2C14H22.H2O2/c2*1-13(2,3)11-7-9-12(10-8-11)14(4,5)6;1-2/h2*7-10H,1-6H3;1-2H. The van der Waals surface area contributed by atoms with Crippen molar-refractivity contribution in [3.63, 3.8) is 0 Å². The Kier molecular flexibility index (Phi) is 10.0. The molecule has 0 unspecified atom stereocenters. The van der Waals surface area contributed by atoms with E-state index in [4.69, 9.17) is 10.5 Å². The predicted molar refractivity (Wildman–Crippen MR) is 133 cm³/mol. The van der Waals surface area contributed by atoms with Crippen LogP contribution in [0.2, 0.25) is 0 Å². The van der Waals surface area contributed by atoms with Gasteiger partial charge in [0.25, 0.3) is 0 Å². The number of benzene rings is 2. The molecule has 0 atom stereocenters. The molecule has 0 spiro atoms. The second-order valence-corrected chi connectivity index (χ2v) is 12.2. The molecule has 2 heteroatoms. The molecule has 2 rings (SSSR count). The second kappa shape index (κ2) is 10.6. The number of hydrogen-bond donors (Lipinski definition) is 2. The maximum Gasteiger partial charge on any atom is -0.0132 e. The summed E-state index contributed by atoms with van der Waals surface area (Å²) in [5.74, 6) is 0. The summed E-state index contributed by atoms with van der Waals surface area (Å²) in [5, 5.41) is 12.0. The lowest BCUT2D eigenvalue weighted by Gasteiger charge is -2.23. The highest BCUT2D eigenvalue weighted by molar-refractivity contribution is 5.31. The molecule has 0 aliphatic carbocycles. The van der Waals surface area contributed by atoms with E-state index in [1.54, 1.807) is 0 Å². The summed E-state index contributed by atoms with van der Waals surface area (Å²) in [6.07, 6.45) is 0. The fourth-order valence-corrected chi connectivity index (χ4v) is 2.94. The van der Waals surface area contributed by atoms with E-state index in [1.165, 1.54) is 22.3 Å². The Bertz CT molecular complexity index is 593. The zero-order valence-electron chi connectivity index (χ0n) is 21.5. The first kappa shape index (κ1) is 28.4. The Balaban J connectivity index is 0.000000518. The molecule has 2 N–H and O–H groups in total. The maximum atomic E-state index is 6.00. The van der Waals surface area contributed by atoms with Crippen LogP contribution < -0.4 is 0 Å². The molecule has 0 heterocycles. The summed E-state index contributed by atoms with van der Waals surface area (Å²) < 4.78 is 0. The van der Waals surface area contributed by atoms with Crippen LogP contribution in [0.4, 0.5) is 0 Å². The van der Waals surface area contributed by atoms with Gasteiger partial charge in [-0.25, -0.2) is 0 Å². The molecule has 2 nitrogen and oxygen atoms in total. The van der Waals surface area contributed by atoms with Crippen LogP contribution in [-0.2, 0) is 21.7 Å². The smallest absolute Gasteiger partial charge is 0.0132 e. The molecule has 2 aromatic carbocycles. The summed E-state index contributed by atoms with van der Waals surface area (Å²) in [6.45, 7) is 27.0. The largest absolute Gasteiger partial charge is 0.255 e. The van der Waals surface area contributed by atoms with Gasteiger partial charge in [-0.05, 0) is 43.9 Å². The van der Waals surface area contributed by atoms with Crippen LogP contribution in [0.3, 0.4) is 0 Å². The van der Waals surface area contributed by atoms with Gasteiger partial charge in [0.05, 0.1) is 0 Å². The van der Waals surface area contributed by atoms with Crippen LogP contribution in [0.25, 0.3) is 0 Å². The first-order valence-corrected chi connectivity index (χ1v) is 10.8. The minimum Gasteiger partial charge on any atom is -0.255 e. The van der Waals surface area contributed by atoms with Gasteiger partial charge >= 0.3 is 0 Å². The van der Waals surface area contributed by atoms with Crippen molar-refractivity contribution >= 4 is 0 Å². The molecule has 0 radical (unpaired) electrons. The minimum absolute atomic E-state index is 0.260. The van der Waals surface area contributed by atoms with Crippen LogP contribution in [0.5, 0.6) is 0 Å². The molecule has 0 fully saturated rings. The average molecular weight is 415 g/mol. The molecule has 170 valence electrons. The normalized spacial score (nSPS) is 12.3. The van der Waals surface area contributed by atoms with Crippen LogP contribution >= 0.6 is 0 Å². The Morgan fingerprint density at radius 3 is 0.500 bits per heavy atom. The van der Waals surface area contributed by atoms with E-state index in [-0.39, 0.29) is 21.7 Å². The SMILES string of the molecule is CC(C)(C)c1ccc(C(C)(C)C)cc1.CC(C)(C)c1ccc(C(C)(C)C)cc1.OO. The predicted octanol–water partition coefficient (Wildman–Crippen LogP) is 8.58. The topological polar surface area (TPSA) is 40.5 Å². The first-order valence-electron chi connectivity index (χ1n) is 10.8. The van der Waals surface area contributed by atoms with Crippen molar-refractivity contribution < 1.29 is 10.5 Å². The van der Waals surface area contributed by atoms with Gasteiger partial charge in [0, 0.05) is 0 Å². The van der Waals surface area contributed by atoms with Crippen molar-refractivity contribution in [3.05, 3.63) is 70.8 Å².